The molecule has 0 saturated heterocycles. The van der Waals surface area contributed by atoms with Crippen LogP contribution in [0.25, 0.3) is 0 Å². The Balaban J connectivity index is 1.67. The first-order valence-electron chi connectivity index (χ1n) is 7.38. The van der Waals surface area contributed by atoms with Gasteiger partial charge in [-0.2, -0.15) is 11.8 Å². The van der Waals surface area contributed by atoms with E-state index in [1.165, 1.54) is 17.2 Å². The van der Waals surface area contributed by atoms with E-state index in [0.717, 1.165) is 11.5 Å². The Morgan fingerprint density at radius 2 is 2.09 bits per heavy atom. The molecule has 0 radical (unpaired) electrons. The predicted molar refractivity (Wildman–Crippen MR) is 95.5 cm³/mol. The van der Waals surface area contributed by atoms with E-state index in [4.69, 9.17) is 11.6 Å². The van der Waals surface area contributed by atoms with E-state index in [1.807, 2.05) is 6.07 Å². The average Bonchev–Trinajstić information content (AvgIpc) is 2.50. The van der Waals surface area contributed by atoms with Gasteiger partial charge in [-0.15, -0.1) is 0 Å². The number of nitrogens with one attached hydrogen (secondary N) is 1. The number of benzene rings is 2. The Bertz CT molecular complexity index is 678. The van der Waals surface area contributed by atoms with Gasteiger partial charge in [-0.05, 0) is 30.2 Å². The molecule has 0 fully saturated rings. The van der Waals surface area contributed by atoms with Crippen LogP contribution in [0, 0.1) is 12.7 Å². The molecule has 2 aromatic rings. The molecule has 0 heterocycles. The second-order valence-electron chi connectivity index (χ2n) is 5.30. The zero-order chi connectivity index (χ0) is 16.7. The van der Waals surface area contributed by atoms with Crippen LogP contribution in [0.4, 0.5) is 4.39 Å². The molecule has 0 saturated carbocycles. The van der Waals surface area contributed by atoms with Gasteiger partial charge in [0.25, 0.3) is 0 Å². The predicted octanol–water partition coefficient (Wildman–Crippen LogP) is 4.38. The SMILES string of the molecule is Cc1cccc(CSCCNC(=O)Cc2ccc(Cl)cc2F)c1. The summed E-state index contributed by atoms with van der Waals surface area (Å²) in [5, 5.41) is 3.14. The third kappa shape index (κ3) is 6.24. The lowest BCUT2D eigenvalue weighted by Crippen LogP contribution is -2.27. The number of carbonyl (C=O) groups excluding carboxylic acids is 1. The second kappa shape index (κ2) is 8.94. The average molecular weight is 352 g/mol. The number of hydrogen-bond acceptors (Lipinski definition) is 2. The number of hydrogen-bond donors (Lipinski definition) is 1. The zero-order valence-electron chi connectivity index (χ0n) is 12.9. The molecule has 1 N–H and O–H groups in total. The van der Waals surface area contributed by atoms with Crippen molar-refractivity contribution in [3.8, 4) is 0 Å². The third-order valence-corrected chi connectivity index (χ3v) is 4.55. The molecule has 0 aliphatic rings. The van der Waals surface area contributed by atoms with Crippen LogP contribution >= 0.6 is 23.4 Å². The highest BCUT2D eigenvalue weighted by molar-refractivity contribution is 7.98. The van der Waals surface area contributed by atoms with Gasteiger partial charge >= 0.3 is 0 Å². The van der Waals surface area contributed by atoms with Crippen LogP contribution in [0.5, 0.6) is 0 Å². The summed E-state index contributed by atoms with van der Waals surface area (Å²) >= 11 is 7.45. The quantitative estimate of drug-likeness (QED) is 0.750. The summed E-state index contributed by atoms with van der Waals surface area (Å²) in [6, 6.07) is 12.7. The van der Waals surface area contributed by atoms with Crippen molar-refractivity contribution in [3.63, 3.8) is 0 Å². The maximum absolute atomic E-state index is 13.6. The van der Waals surface area contributed by atoms with Gasteiger partial charge in [0.15, 0.2) is 0 Å². The van der Waals surface area contributed by atoms with Gasteiger partial charge in [-0.1, -0.05) is 47.5 Å². The normalized spacial score (nSPS) is 10.6. The first-order valence-corrected chi connectivity index (χ1v) is 8.92. The maximum atomic E-state index is 13.6. The van der Waals surface area contributed by atoms with E-state index < -0.39 is 5.82 Å². The molecule has 0 atom stereocenters. The van der Waals surface area contributed by atoms with Crippen LogP contribution in [-0.4, -0.2) is 18.2 Å². The minimum absolute atomic E-state index is 0.0333. The third-order valence-electron chi connectivity index (χ3n) is 3.29. The van der Waals surface area contributed by atoms with Gasteiger partial charge in [0.2, 0.25) is 5.91 Å². The first kappa shape index (κ1) is 17.8. The Hall–Kier alpha value is -1.52. The fourth-order valence-electron chi connectivity index (χ4n) is 2.16. The van der Waals surface area contributed by atoms with Crippen molar-refractivity contribution in [1.29, 1.82) is 0 Å². The number of halogens is 2. The van der Waals surface area contributed by atoms with Crippen molar-refractivity contribution in [1.82, 2.24) is 5.32 Å². The number of rotatable bonds is 7. The van der Waals surface area contributed by atoms with Crippen LogP contribution in [0.3, 0.4) is 0 Å². The Morgan fingerprint density at radius 3 is 2.83 bits per heavy atom. The minimum Gasteiger partial charge on any atom is -0.355 e. The monoisotopic (exact) mass is 351 g/mol. The van der Waals surface area contributed by atoms with E-state index in [0.29, 0.717) is 17.1 Å². The van der Waals surface area contributed by atoms with Gasteiger partial charge < -0.3 is 5.32 Å². The van der Waals surface area contributed by atoms with Gasteiger partial charge in [0.05, 0.1) is 6.42 Å². The summed E-state index contributed by atoms with van der Waals surface area (Å²) in [5.74, 6) is 1.12. The minimum atomic E-state index is -0.443. The molecule has 0 unspecified atom stereocenters. The Kier molecular flexibility index (Phi) is 6.93. The van der Waals surface area contributed by atoms with Gasteiger partial charge in [-0.25, -0.2) is 4.39 Å². The van der Waals surface area contributed by atoms with Gasteiger partial charge in [0, 0.05) is 23.1 Å². The molecule has 2 nitrogen and oxygen atoms in total. The smallest absolute Gasteiger partial charge is 0.224 e. The summed E-state index contributed by atoms with van der Waals surface area (Å²) < 4.78 is 13.6. The zero-order valence-corrected chi connectivity index (χ0v) is 14.5. The molecule has 2 aromatic carbocycles. The summed E-state index contributed by atoms with van der Waals surface area (Å²) in [6.45, 7) is 2.65. The molecule has 0 spiro atoms. The summed E-state index contributed by atoms with van der Waals surface area (Å²) in [5.41, 5.74) is 2.89. The van der Waals surface area contributed by atoms with E-state index in [-0.39, 0.29) is 12.3 Å². The Labute approximate surface area is 145 Å². The molecule has 5 heteroatoms. The molecule has 23 heavy (non-hydrogen) atoms. The fraction of sp³-hybridized carbons (Fsp3) is 0.278. The highest BCUT2D eigenvalue weighted by Gasteiger charge is 2.08. The second-order valence-corrected chi connectivity index (χ2v) is 6.85. The molecule has 0 aliphatic carbocycles. The summed E-state index contributed by atoms with van der Waals surface area (Å²) in [4.78, 5) is 11.8. The lowest BCUT2D eigenvalue weighted by Gasteiger charge is -2.07. The van der Waals surface area contributed by atoms with Crippen LogP contribution in [0.2, 0.25) is 5.02 Å². The maximum Gasteiger partial charge on any atom is 0.224 e. The van der Waals surface area contributed by atoms with Crippen molar-refractivity contribution >= 4 is 29.3 Å². The number of aryl methyl sites for hydroxylation is 1. The van der Waals surface area contributed by atoms with Crippen LogP contribution < -0.4 is 5.32 Å². The van der Waals surface area contributed by atoms with Crippen molar-refractivity contribution in [2.75, 3.05) is 12.3 Å². The largest absolute Gasteiger partial charge is 0.355 e. The summed E-state index contributed by atoms with van der Waals surface area (Å²) in [6.07, 6.45) is 0.0333. The topological polar surface area (TPSA) is 29.1 Å². The highest BCUT2D eigenvalue weighted by atomic mass is 35.5. The van der Waals surface area contributed by atoms with Gasteiger partial charge in [0.1, 0.15) is 5.82 Å². The van der Waals surface area contributed by atoms with Gasteiger partial charge in [-0.3, -0.25) is 4.79 Å². The standard InChI is InChI=1S/C18H19ClFNOS/c1-13-3-2-4-14(9-13)12-23-8-7-21-18(22)10-15-5-6-16(19)11-17(15)20/h2-6,9,11H,7-8,10,12H2,1H3,(H,21,22). The van der Waals surface area contributed by atoms with E-state index in [1.54, 1.807) is 23.9 Å². The lowest BCUT2D eigenvalue weighted by atomic mass is 10.1. The molecule has 0 aromatic heterocycles. The van der Waals surface area contributed by atoms with Crippen molar-refractivity contribution < 1.29 is 9.18 Å². The van der Waals surface area contributed by atoms with Crippen LogP contribution in [-0.2, 0) is 17.0 Å². The van der Waals surface area contributed by atoms with E-state index >= 15 is 0 Å². The molecular formula is C18H19ClFNOS. The number of amides is 1. The first-order chi connectivity index (χ1) is 11.0. The summed E-state index contributed by atoms with van der Waals surface area (Å²) in [7, 11) is 0. The van der Waals surface area contributed by atoms with Crippen molar-refractivity contribution in [3.05, 3.63) is 70.0 Å². The molecule has 1 amide bonds. The Morgan fingerprint density at radius 1 is 1.26 bits per heavy atom. The molecule has 2 rings (SSSR count). The molecule has 122 valence electrons. The van der Waals surface area contributed by atoms with Crippen molar-refractivity contribution in [2.45, 2.75) is 19.1 Å². The lowest BCUT2D eigenvalue weighted by molar-refractivity contribution is -0.120. The molecular weight excluding hydrogens is 333 g/mol. The van der Waals surface area contributed by atoms with E-state index in [9.17, 15) is 9.18 Å². The number of thioether (sulfide) groups is 1. The highest BCUT2D eigenvalue weighted by Crippen LogP contribution is 2.15. The van der Waals surface area contributed by atoms with Crippen LogP contribution in [0.15, 0.2) is 42.5 Å². The molecule has 0 aliphatic heterocycles. The fourth-order valence-corrected chi connectivity index (χ4v) is 3.12. The molecule has 0 bridgehead atoms. The van der Waals surface area contributed by atoms with Crippen LogP contribution in [0.1, 0.15) is 16.7 Å². The van der Waals surface area contributed by atoms with Crippen molar-refractivity contribution in [2.24, 2.45) is 0 Å². The van der Waals surface area contributed by atoms with E-state index in [2.05, 4.69) is 30.4 Å². The number of carbonyl (C=O) groups is 1.